The van der Waals surface area contributed by atoms with E-state index in [4.69, 9.17) is 32.7 Å². The number of rotatable bonds is 6. The highest BCUT2D eigenvalue weighted by molar-refractivity contribution is 9.11. The van der Waals surface area contributed by atoms with Gasteiger partial charge in [-0.3, -0.25) is 0 Å². The number of aromatic nitrogens is 2. The number of nitrogens with one attached hydrogen (secondary N) is 1. The molecule has 0 fully saturated rings. The zero-order valence-electron chi connectivity index (χ0n) is 16.1. The summed E-state index contributed by atoms with van der Waals surface area (Å²) in [7, 11) is 1.57. The first-order valence-corrected chi connectivity index (χ1v) is 11.4. The summed E-state index contributed by atoms with van der Waals surface area (Å²) in [6.45, 7) is 0.363. The minimum atomic E-state index is 0.363. The first-order valence-electron chi connectivity index (χ1n) is 9.05. The molecule has 0 saturated heterocycles. The van der Waals surface area contributed by atoms with Gasteiger partial charge in [-0.15, -0.1) is 0 Å². The monoisotopic (exact) mass is 581 g/mol. The third kappa shape index (κ3) is 5.23. The van der Waals surface area contributed by atoms with Crippen molar-refractivity contribution in [2.75, 3.05) is 12.4 Å². The van der Waals surface area contributed by atoms with Gasteiger partial charge in [-0.25, -0.2) is 9.97 Å². The van der Waals surface area contributed by atoms with Crippen LogP contribution in [0, 0.1) is 0 Å². The van der Waals surface area contributed by atoms with Crippen molar-refractivity contribution in [1.82, 2.24) is 9.97 Å². The van der Waals surface area contributed by atoms with Gasteiger partial charge in [-0.05, 0) is 48.0 Å². The number of methoxy groups -OCH3 is 1. The lowest BCUT2D eigenvalue weighted by Gasteiger charge is -2.16. The first kappa shape index (κ1) is 22.1. The van der Waals surface area contributed by atoms with E-state index in [2.05, 4.69) is 47.1 Å². The molecule has 4 rings (SSSR count). The quantitative estimate of drug-likeness (QED) is 0.251. The third-order valence-electron chi connectivity index (χ3n) is 4.41. The van der Waals surface area contributed by atoms with Gasteiger partial charge in [0.1, 0.15) is 18.7 Å². The fraction of sp³-hybridized carbons (Fsp3) is 0.0909. The SMILES string of the molecule is COc1ncnc2cc(OCc3cc(Br)cc(Br)c3)c(Nc3ccc(Cl)c(Cl)c3)cc12. The van der Waals surface area contributed by atoms with Crippen molar-refractivity contribution >= 4 is 77.3 Å². The maximum absolute atomic E-state index is 6.18. The molecule has 0 spiro atoms. The molecule has 1 aromatic heterocycles. The van der Waals surface area contributed by atoms with Gasteiger partial charge >= 0.3 is 0 Å². The number of fused-ring (bicyclic) bond motifs is 1. The maximum Gasteiger partial charge on any atom is 0.224 e. The molecule has 0 aliphatic carbocycles. The Kier molecular flexibility index (Phi) is 6.86. The molecule has 1 heterocycles. The highest BCUT2D eigenvalue weighted by Gasteiger charge is 2.13. The molecule has 31 heavy (non-hydrogen) atoms. The molecular weight excluding hydrogens is 569 g/mol. The molecule has 0 amide bonds. The molecule has 1 N–H and O–H groups in total. The van der Waals surface area contributed by atoms with Gasteiger partial charge in [0, 0.05) is 20.7 Å². The lowest BCUT2D eigenvalue weighted by atomic mass is 10.2. The molecular formula is C22H15Br2Cl2N3O2. The average molecular weight is 584 g/mol. The van der Waals surface area contributed by atoms with E-state index in [0.29, 0.717) is 39.5 Å². The van der Waals surface area contributed by atoms with Crippen molar-refractivity contribution in [3.63, 3.8) is 0 Å². The Morgan fingerprint density at radius 3 is 2.42 bits per heavy atom. The van der Waals surface area contributed by atoms with Crippen LogP contribution in [0.2, 0.25) is 10.0 Å². The van der Waals surface area contributed by atoms with Crippen LogP contribution in [0.25, 0.3) is 10.9 Å². The van der Waals surface area contributed by atoms with Crippen LogP contribution in [0.1, 0.15) is 5.56 Å². The van der Waals surface area contributed by atoms with E-state index in [1.807, 2.05) is 36.4 Å². The lowest BCUT2D eigenvalue weighted by molar-refractivity contribution is 0.308. The van der Waals surface area contributed by atoms with Crippen LogP contribution in [0.15, 0.2) is 63.8 Å². The van der Waals surface area contributed by atoms with E-state index < -0.39 is 0 Å². The highest BCUT2D eigenvalue weighted by atomic mass is 79.9. The molecule has 0 atom stereocenters. The average Bonchev–Trinajstić information content (AvgIpc) is 2.73. The molecule has 0 aliphatic rings. The van der Waals surface area contributed by atoms with Gasteiger partial charge in [0.05, 0.1) is 33.7 Å². The largest absolute Gasteiger partial charge is 0.487 e. The second kappa shape index (κ2) is 9.61. The van der Waals surface area contributed by atoms with Crippen molar-refractivity contribution in [1.29, 1.82) is 0 Å². The maximum atomic E-state index is 6.18. The first-order chi connectivity index (χ1) is 14.9. The highest BCUT2D eigenvalue weighted by Crippen LogP contribution is 2.36. The molecule has 158 valence electrons. The summed E-state index contributed by atoms with van der Waals surface area (Å²) in [4.78, 5) is 8.55. The van der Waals surface area contributed by atoms with Crippen molar-refractivity contribution in [2.45, 2.75) is 6.61 Å². The van der Waals surface area contributed by atoms with E-state index in [1.165, 1.54) is 6.33 Å². The van der Waals surface area contributed by atoms with Gasteiger partial charge in [0.2, 0.25) is 5.88 Å². The summed E-state index contributed by atoms with van der Waals surface area (Å²) in [5.41, 5.74) is 3.19. The smallest absolute Gasteiger partial charge is 0.224 e. The van der Waals surface area contributed by atoms with Crippen LogP contribution < -0.4 is 14.8 Å². The summed E-state index contributed by atoms with van der Waals surface area (Å²) in [6, 6.07) is 15.0. The van der Waals surface area contributed by atoms with Crippen molar-refractivity contribution in [3.8, 4) is 11.6 Å². The standard InChI is InChI=1S/C22H15Br2Cl2N3O2/c1-30-22-16-8-20(29-15-2-3-17(25)18(26)7-15)21(9-19(16)27-11-28-22)31-10-12-4-13(23)6-14(24)5-12/h2-9,11,29H,10H2,1H3. The number of anilines is 2. The number of hydrogen-bond donors (Lipinski definition) is 1. The second-order valence-corrected chi connectivity index (χ2v) is 9.21. The van der Waals surface area contributed by atoms with Crippen LogP contribution in [-0.2, 0) is 6.61 Å². The second-order valence-electron chi connectivity index (χ2n) is 6.57. The number of hydrogen-bond acceptors (Lipinski definition) is 5. The van der Waals surface area contributed by atoms with Crippen LogP contribution in [0.4, 0.5) is 11.4 Å². The van der Waals surface area contributed by atoms with Crippen molar-refractivity contribution in [3.05, 3.63) is 79.4 Å². The van der Waals surface area contributed by atoms with Gasteiger partial charge in [-0.1, -0.05) is 55.1 Å². The summed E-state index contributed by atoms with van der Waals surface area (Å²) < 4.78 is 13.5. The van der Waals surface area contributed by atoms with E-state index in [0.717, 1.165) is 25.6 Å². The van der Waals surface area contributed by atoms with Crippen LogP contribution in [0.3, 0.4) is 0 Å². The van der Waals surface area contributed by atoms with Crippen molar-refractivity contribution < 1.29 is 9.47 Å². The topological polar surface area (TPSA) is 56.3 Å². The number of ether oxygens (including phenoxy) is 2. The minimum absolute atomic E-state index is 0.363. The van der Waals surface area contributed by atoms with Crippen LogP contribution in [-0.4, -0.2) is 17.1 Å². The van der Waals surface area contributed by atoms with E-state index in [9.17, 15) is 0 Å². The fourth-order valence-electron chi connectivity index (χ4n) is 3.02. The van der Waals surface area contributed by atoms with E-state index >= 15 is 0 Å². The molecule has 5 nitrogen and oxygen atoms in total. The fourth-order valence-corrected chi connectivity index (χ4v) is 4.71. The molecule has 0 aliphatic heterocycles. The van der Waals surface area contributed by atoms with Crippen molar-refractivity contribution in [2.24, 2.45) is 0 Å². The Hall–Kier alpha value is -2.06. The molecule has 0 unspecified atom stereocenters. The van der Waals surface area contributed by atoms with Gasteiger partial charge < -0.3 is 14.8 Å². The minimum Gasteiger partial charge on any atom is -0.487 e. The number of halogens is 4. The zero-order chi connectivity index (χ0) is 22.0. The summed E-state index contributed by atoms with van der Waals surface area (Å²) in [5, 5.41) is 5.04. The predicted octanol–water partition coefficient (Wildman–Crippen LogP) is 7.79. The zero-order valence-corrected chi connectivity index (χ0v) is 20.8. The Bertz CT molecular complexity index is 1250. The van der Waals surface area contributed by atoms with Crippen LogP contribution >= 0.6 is 55.1 Å². The van der Waals surface area contributed by atoms with Gasteiger partial charge in [-0.2, -0.15) is 0 Å². The summed E-state index contributed by atoms with van der Waals surface area (Å²) >= 11 is 19.2. The molecule has 0 saturated carbocycles. The lowest BCUT2D eigenvalue weighted by Crippen LogP contribution is -2.01. The normalized spacial score (nSPS) is 10.9. The number of benzene rings is 3. The Morgan fingerprint density at radius 2 is 1.71 bits per heavy atom. The Labute approximate surface area is 206 Å². The Morgan fingerprint density at radius 1 is 0.935 bits per heavy atom. The molecule has 0 bridgehead atoms. The van der Waals surface area contributed by atoms with E-state index in [-0.39, 0.29) is 0 Å². The molecule has 9 heteroatoms. The van der Waals surface area contributed by atoms with Crippen LogP contribution in [0.5, 0.6) is 11.6 Å². The summed E-state index contributed by atoms with van der Waals surface area (Å²) in [5.74, 6) is 1.10. The third-order valence-corrected chi connectivity index (χ3v) is 6.06. The summed E-state index contributed by atoms with van der Waals surface area (Å²) in [6.07, 6.45) is 1.46. The van der Waals surface area contributed by atoms with Gasteiger partial charge in [0.15, 0.2) is 0 Å². The molecule has 4 aromatic rings. The van der Waals surface area contributed by atoms with E-state index in [1.54, 1.807) is 19.2 Å². The molecule has 3 aromatic carbocycles. The predicted molar refractivity (Wildman–Crippen MR) is 132 cm³/mol. The number of nitrogens with zero attached hydrogens (tertiary/aromatic N) is 2. The molecule has 0 radical (unpaired) electrons. The van der Waals surface area contributed by atoms with Gasteiger partial charge in [0.25, 0.3) is 0 Å². The Balaban J connectivity index is 1.73.